The van der Waals surface area contributed by atoms with Gasteiger partial charge in [-0.15, -0.1) is 0 Å². The predicted octanol–water partition coefficient (Wildman–Crippen LogP) is 6.34. The molecular weight excluding hydrogens is 344 g/mol. The summed E-state index contributed by atoms with van der Waals surface area (Å²) in [6.45, 7) is 9.36. The van der Waals surface area contributed by atoms with Crippen LogP contribution in [0.2, 0.25) is 0 Å². The molecule has 0 radical (unpaired) electrons. The normalized spacial score (nSPS) is 50.4. The molecule has 4 rings (SSSR count). The molecule has 0 aromatic carbocycles. The van der Waals surface area contributed by atoms with Gasteiger partial charge in [0, 0.05) is 0 Å². The Morgan fingerprint density at radius 3 is 2.39 bits per heavy atom. The summed E-state index contributed by atoms with van der Waals surface area (Å²) in [5.74, 6) is 4.45. The van der Waals surface area contributed by atoms with E-state index in [-0.39, 0.29) is 6.10 Å². The summed E-state index contributed by atoms with van der Waals surface area (Å²) in [7, 11) is 0. The van der Waals surface area contributed by atoms with E-state index in [0.29, 0.717) is 10.8 Å². The lowest BCUT2D eigenvalue weighted by Gasteiger charge is -2.61. The Morgan fingerprint density at radius 1 is 0.929 bits per heavy atom. The molecule has 0 saturated heterocycles. The van der Waals surface area contributed by atoms with Crippen LogP contribution in [-0.4, -0.2) is 21.9 Å². The average Bonchev–Trinajstić information content (AvgIpc) is 2.99. The van der Waals surface area contributed by atoms with E-state index in [1.807, 2.05) is 6.92 Å². The maximum atomic E-state index is 10.4. The second-order valence-electron chi connectivity index (χ2n) is 12.1. The number of rotatable bonds is 5. The largest absolute Gasteiger partial charge is 0.393 e. The fourth-order valence-corrected chi connectivity index (χ4v) is 8.72. The van der Waals surface area contributed by atoms with Crippen molar-refractivity contribution in [1.29, 1.82) is 0 Å². The van der Waals surface area contributed by atoms with Crippen LogP contribution in [0.3, 0.4) is 0 Å². The molecule has 162 valence electrons. The zero-order valence-corrected chi connectivity index (χ0v) is 19.1. The van der Waals surface area contributed by atoms with E-state index in [1.54, 1.807) is 0 Å². The van der Waals surface area contributed by atoms with Crippen molar-refractivity contribution in [1.82, 2.24) is 0 Å². The van der Waals surface area contributed by atoms with Gasteiger partial charge in [-0.25, -0.2) is 0 Å². The Hall–Kier alpha value is -0.0800. The minimum atomic E-state index is -0.463. The summed E-state index contributed by atoms with van der Waals surface area (Å²) in [5, 5.41) is 20.6. The highest BCUT2D eigenvalue weighted by molar-refractivity contribution is 5.09. The number of hydrogen-bond acceptors (Lipinski definition) is 2. The molecule has 4 fully saturated rings. The minimum Gasteiger partial charge on any atom is -0.393 e. The Labute approximate surface area is 173 Å². The Kier molecular flexibility index (Phi) is 5.71. The van der Waals surface area contributed by atoms with Gasteiger partial charge in [-0.3, -0.25) is 0 Å². The highest BCUT2D eigenvalue weighted by atomic mass is 16.3. The van der Waals surface area contributed by atoms with Crippen molar-refractivity contribution >= 4 is 0 Å². The Bertz CT molecular complexity index is 557. The molecule has 2 N–H and O–H groups in total. The van der Waals surface area contributed by atoms with E-state index in [9.17, 15) is 10.2 Å². The van der Waals surface area contributed by atoms with Crippen molar-refractivity contribution < 1.29 is 10.2 Å². The fraction of sp³-hybridized carbons (Fsp3) is 1.00. The van der Waals surface area contributed by atoms with Crippen LogP contribution < -0.4 is 0 Å². The first-order valence-corrected chi connectivity index (χ1v) is 12.6. The molecule has 4 aliphatic carbocycles. The summed E-state index contributed by atoms with van der Waals surface area (Å²) in [6, 6.07) is 0. The van der Waals surface area contributed by atoms with E-state index in [2.05, 4.69) is 20.8 Å². The number of hydrogen-bond donors (Lipinski definition) is 2. The predicted molar refractivity (Wildman–Crippen MR) is 116 cm³/mol. The summed E-state index contributed by atoms with van der Waals surface area (Å²) in [5.41, 5.74) is 0.590. The number of aliphatic hydroxyl groups is 2. The zero-order chi connectivity index (χ0) is 20.2. The van der Waals surface area contributed by atoms with Gasteiger partial charge in [0.05, 0.1) is 11.7 Å². The second kappa shape index (κ2) is 7.56. The Balaban J connectivity index is 1.43. The maximum absolute atomic E-state index is 10.4. The molecule has 0 aliphatic heterocycles. The molecule has 0 aromatic heterocycles. The lowest BCUT2D eigenvalue weighted by atomic mass is 9.44. The van der Waals surface area contributed by atoms with Crippen molar-refractivity contribution in [3.63, 3.8) is 0 Å². The van der Waals surface area contributed by atoms with Gasteiger partial charge < -0.3 is 10.2 Å². The highest BCUT2D eigenvalue weighted by Crippen LogP contribution is 2.67. The van der Waals surface area contributed by atoms with E-state index in [1.165, 1.54) is 57.8 Å². The van der Waals surface area contributed by atoms with Gasteiger partial charge in [-0.2, -0.15) is 0 Å². The number of aliphatic hydroxyl groups excluding tert-OH is 1. The van der Waals surface area contributed by atoms with E-state index >= 15 is 0 Å². The van der Waals surface area contributed by atoms with E-state index in [4.69, 9.17) is 0 Å². The molecule has 9 unspecified atom stereocenters. The molecule has 0 bridgehead atoms. The fourth-order valence-electron chi connectivity index (χ4n) is 8.72. The smallest absolute Gasteiger partial charge is 0.0617 e. The van der Waals surface area contributed by atoms with Crippen LogP contribution in [0.1, 0.15) is 111 Å². The molecule has 0 spiro atoms. The summed E-state index contributed by atoms with van der Waals surface area (Å²) >= 11 is 0. The molecule has 28 heavy (non-hydrogen) atoms. The molecule has 0 aromatic rings. The first-order chi connectivity index (χ1) is 13.2. The van der Waals surface area contributed by atoms with Gasteiger partial charge in [0.15, 0.2) is 0 Å². The lowest BCUT2D eigenvalue weighted by molar-refractivity contribution is -0.127. The van der Waals surface area contributed by atoms with Crippen molar-refractivity contribution in [3.8, 4) is 0 Å². The van der Waals surface area contributed by atoms with Crippen molar-refractivity contribution in [2.24, 2.45) is 40.4 Å². The summed E-state index contributed by atoms with van der Waals surface area (Å²) in [4.78, 5) is 0. The molecule has 0 amide bonds. The first-order valence-electron chi connectivity index (χ1n) is 12.6. The van der Waals surface area contributed by atoms with Crippen LogP contribution in [0.5, 0.6) is 0 Å². The van der Waals surface area contributed by atoms with E-state index < -0.39 is 5.60 Å². The summed E-state index contributed by atoms with van der Waals surface area (Å²) in [6.07, 6.45) is 16.2. The van der Waals surface area contributed by atoms with Gasteiger partial charge in [0.25, 0.3) is 0 Å². The van der Waals surface area contributed by atoms with Crippen LogP contribution in [0.15, 0.2) is 0 Å². The quantitative estimate of drug-likeness (QED) is 0.575. The molecule has 2 heteroatoms. The highest BCUT2D eigenvalue weighted by Gasteiger charge is 2.59. The van der Waals surface area contributed by atoms with Crippen molar-refractivity contribution in [2.45, 2.75) is 123 Å². The molecule has 9 atom stereocenters. The van der Waals surface area contributed by atoms with Gasteiger partial charge in [0.1, 0.15) is 0 Å². The lowest BCUT2D eigenvalue weighted by Crippen LogP contribution is -2.53. The monoisotopic (exact) mass is 390 g/mol. The van der Waals surface area contributed by atoms with Gasteiger partial charge in [0.2, 0.25) is 0 Å². The van der Waals surface area contributed by atoms with Crippen LogP contribution in [0, 0.1) is 40.4 Å². The third kappa shape index (κ3) is 3.49. The number of fused-ring (bicyclic) bond motifs is 5. The second-order valence-corrected chi connectivity index (χ2v) is 12.1. The van der Waals surface area contributed by atoms with Crippen molar-refractivity contribution in [2.75, 3.05) is 0 Å². The van der Waals surface area contributed by atoms with Crippen molar-refractivity contribution in [3.05, 3.63) is 0 Å². The van der Waals surface area contributed by atoms with Gasteiger partial charge >= 0.3 is 0 Å². The molecule has 0 heterocycles. The zero-order valence-electron chi connectivity index (χ0n) is 19.1. The maximum Gasteiger partial charge on any atom is 0.0617 e. The third-order valence-corrected chi connectivity index (χ3v) is 10.9. The molecule has 4 aliphatic rings. The van der Waals surface area contributed by atoms with Crippen LogP contribution in [0.25, 0.3) is 0 Å². The standard InChI is InChI=1S/C26H46O2/c1-5-24(2,28)14-6-7-18-9-11-22-21-10-8-19-17-20(27)12-15-26(19,4)23(21)13-16-25(18,22)3/h18-23,27-28H,5-17H2,1-4H3. The molecule has 2 nitrogen and oxygen atoms in total. The van der Waals surface area contributed by atoms with Gasteiger partial charge in [-0.1, -0.05) is 27.2 Å². The SMILES string of the molecule is CCC(C)(O)CCCC1CCC2C3CCC4CC(O)CCC4(C)C3CCC12C. The molecule has 4 saturated carbocycles. The van der Waals surface area contributed by atoms with E-state index in [0.717, 1.165) is 55.3 Å². The third-order valence-electron chi connectivity index (χ3n) is 10.9. The molecular formula is C26H46O2. The van der Waals surface area contributed by atoms with Crippen LogP contribution in [-0.2, 0) is 0 Å². The van der Waals surface area contributed by atoms with Crippen LogP contribution >= 0.6 is 0 Å². The van der Waals surface area contributed by atoms with Crippen LogP contribution in [0.4, 0.5) is 0 Å². The summed E-state index contributed by atoms with van der Waals surface area (Å²) < 4.78 is 0. The first kappa shape index (κ1) is 21.2. The van der Waals surface area contributed by atoms with Gasteiger partial charge in [-0.05, 0) is 124 Å². The average molecular weight is 391 g/mol. The Morgan fingerprint density at radius 2 is 1.64 bits per heavy atom. The minimum absolute atomic E-state index is 0.0281. The topological polar surface area (TPSA) is 40.5 Å².